The Morgan fingerprint density at radius 2 is 2.21 bits per heavy atom. The van der Waals surface area contributed by atoms with Gasteiger partial charge in [0.15, 0.2) is 5.82 Å². The monoisotopic (exact) mass is 263 g/mol. The summed E-state index contributed by atoms with van der Waals surface area (Å²) in [6.07, 6.45) is 9.69. The first-order valence-electron chi connectivity index (χ1n) is 7.51. The molecule has 0 aliphatic heterocycles. The molecule has 4 nitrogen and oxygen atoms in total. The Bertz CT molecular complexity index is 455. The molecule has 1 aliphatic carbocycles. The summed E-state index contributed by atoms with van der Waals surface area (Å²) in [7, 11) is 0. The highest BCUT2D eigenvalue weighted by atomic mass is 16.1. The van der Waals surface area contributed by atoms with E-state index >= 15 is 0 Å². The van der Waals surface area contributed by atoms with E-state index in [0.717, 1.165) is 25.4 Å². The van der Waals surface area contributed by atoms with Crippen molar-refractivity contribution in [2.75, 3.05) is 11.9 Å². The molecule has 1 aromatic heterocycles. The number of hydrogen-bond acceptors (Lipinski definition) is 3. The summed E-state index contributed by atoms with van der Waals surface area (Å²) >= 11 is 0. The molecular weight excluding hydrogens is 238 g/mol. The van der Waals surface area contributed by atoms with E-state index in [1.165, 1.54) is 25.7 Å². The Labute approximate surface area is 115 Å². The van der Waals surface area contributed by atoms with Crippen LogP contribution in [0.3, 0.4) is 0 Å². The van der Waals surface area contributed by atoms with Crippen LogP contribution in [0, 0.1) is 11.8 Å². The van der Waals surface area contributed by atoms with Crippen molar-refractivity contribution in [1.29, 1.82) is 0 Å². The Kier molecular flexibility index (Phi) is 5.00. The van der Waals surface area contributed by atoms with Gasteiger partial charge in [-0.1, -0.05) is 33.1 Å². The Morgan fingerprint density at radius 3 is 2.95 bits per heavy atom. The molecule has 4 heteroatoms. The van der Waals surface area contributed by atoms with Crippen molar-refractivity contribution < 1.29 is 0 Å². The topological polar surface area (TPSA) is 46.9 Å². The van der Waals surface area contributed by atoms with Gasteiger partial charge >= 0.3 is 0 Å². The molecule has 1 N–H and O–H groups in total. The maximum absolute atomic E-state index is 12.2. The van der Waals surface area contributed by atoms with E-state index in [-0.39, 0.29) is 5.56 Å². The summed E-state index contributed by atoms with van der Waals surface area (Å²) in [5.74, 6) is 1.94. The summed E-state index contributed by atoms with van der Waals surface area (Å²) in [6.45, 7) is 6.03. The lowest BCUT2D eigenvalue weighted by molar-refractivity contribution is 0.268. The molecule has 19 heavy (non-hydrogen) atoms. The lowest BCUT2D eigenvalue weighted by Gasteiger charge is -2.28. The average molecular weight is 263 g/mol. The van der Waals surface area contributed by atoms with Gasteiger partial charge in [0, 0.05) is 25.5 Å². The lowest BCUT2D eigenvalue weighted by atomic mass is 9.80. The first-order valence-corrected chi connectivity index (χ1v) is 7.51. The molecule has 1 heterocycles. The fraction of sp³-hybridized carbons (Fsp3) is 0.733. The molecule has 1 saturated carbocycles. The lowest BCUT2D eigenvalue weighted by Crippen LogP contribution is -2.29. The molecule has 2 unspecified atom stereocenters. The number of rotatable bonds is 5. The third kappa shape index (κ3) is 3.58. The normalized spacial score (nSPS) is 23.3. The zero-order valence-electron chi connectivity index (χ0n) is 12.1. The fourth-order valence-corrected chi connectivity index (χ4v) is 2.91. The largest absolute Gasteiger partial charge is 0.365 e. The van der Waals surface area contributed by atoms with E-state index in [1.807, 2.05) is 0 Å². The molecule has 0 radical (unpaired) electrons. The quantitative estimate of drug-likeness (QED) is 0.888. The van der Waals surface area contributed by atoms with Gasteiger partial charge in [0.25, 0.3) is 5.56 Å². The van der Waals surface area contributed by atoms with Gasteiger partial charge in [-0.15, -0.1) is 0 Å². The van der Waals surface area contributed by atoms with E-state index < -0.39 is 0 Å². The minimum Gasteiger partial charge on any atom is -0.365 e. The predicted molar refractivity (Wildman–Crippen MR) is 78.4 cm³/mol. The first kappa shape index (κ1) is 14.1. The highest BCUT2D eigenvalue weighted by Gasteiger charge is 2.21. The molecule has 0 spiro atoms. The van der Waals surface area contributed by atoms with Gasteiger partial charge in [-0.05, 0) is 24.7 Å². The van der Waals surface area contributed by atoms with Crippen LogP contribution in [0.25, 0.3) is 0 Å². The number of aromatic nitrogens is 2. The van der Waals surface area contributed by atoms with Crippen LogP contribution in [0.2, 0.25) is 0 Å². The number of nitrogens with zero attached hydrogens (tertiary/aromatic N) is 2. The molecule has 0 bridgehead atoms. The summed E-state index contributed by atoms with van der Waals surface area (Å²) in [4.78, 5) is 16.3. The van der Waals surface area contributed by atoms with Crippen LogP contribution >= 0.6 is 0 Å². The molecule has 0 amide bonds. The van der Waals surface area contributed by atoms with Crippen LogP contribution in [0.4, 0.5) is 5.82 Å². The van der Waals surface area contributed by atoms with E-state index in [2.05, 4.69) is 24.1 Å². The molecule has 1 aliphatic rings. The summed E-state index contributed by atoms with van der Waals surface area (Å²) in [6, 6.07) is 0. The van der Waals surface area contributed by atoms with Crippen LogP contribution in [0.5, 0.6) is 0 Å². The maximum Gasteiger partial charge on any atom is 0.293 e. The SMILES string of the molecule is CCCn1ccnc(NCC2CCCCC2C)c1=O. The minimum absolute atomic E-state index is 0.00723. The minimum atomic E-state index is 0.00723. The van der Waals surface area contributed by atoms with Crippen LogP contribution in [-0.4, -0.2) is 16.1 Å². The van der Waals surface area contributed by atoms with Crippen LogP contribution in [0.15, 0.2) is 17.2 Å². The van der Waals surface area contributed by atoms with Gasteiger partial charge in [0.2, 0.25) is 0 Å². The molecule has 1 aromatic rings. The number of aryl methyl sites for hydroxylation is 1. The van der Waals surface area contributed by atoms with Crippen molar-refractivity contribution in [3.8, 4) is 0 Å². The summed E-state index contributed by atoms with van der Waals surface area (Å²) in [5.41, 5.74) is 0.00723. The molecule has 1 fully saturated rings. The molecule has 0 aromatic carbocycles. The number of hydrogen-bond donors (Lipinski definition) is 1. The zero-order valence-corrected chi connectivity index (χ0v) is 12.1. The van der Waals surface area contributed by atoms with E-state index in [0.29, 0.717) is 11.7 Å². The van der Waals surface area contributed by atoms with Crippen molar-refractivity contribution in [2.24, 2.45) is 11.8 Å². The fourth-order valence-electron chi connectivity index (χ4n) is 2.91. The summed E-state index contributed by atoms with van der Waals surface area (Å²) in [5, 5.41) is 3.27. The van der Waals surface area contributed by atoms with Crippen molar-refractivity contribution >= 4 is 5.82 Å². The van der Waals surface area contributed by atoms with E-state index in [1.54, 1.807) is 17.0 Å². The summed E-state index contributed by atoms with van der Waals surface area (Å²) < 4.78 is 1.74. The van der Waals surface area contributed by atoms with E-state index in [4.69, 9.17) is 0 Å². The Morgan fingerprint density at radius 1 is 1.42 bits per heavy atom. The van der Waals surface area contributed by atoms with Crippen LogP contribution in [0.1, 0.15) is 46.0 Å². The number of anilines is 1. The van der Waals surface area contributed by atoms with Crippen molar-refractivity contribution in [1.82, 2.24) is 9.55 Å². The smallest absolute Gasteiger partial charge is 0.293 e. The highest BCUT2D eigenvalue weighted by molar-refractivity contribution is 5.30. The highest BCUT2D eigenvalue weighted by Crippen LogP contribution is 2.29. The second-order valence-electron chi connectivity index (χ2n) is 5.68. The third-order valence-corrected chi connectivity index (χ3v) is 4.20. The molecule has 2 atom stereocenters. The van der Waals surface area contributed by atoms with Gasteiger partial charge in [-0.2, -0.15) is 0 Å². The Hall–Kier alpha value is -1.32. The zero-order chi connectivity index (χ0) is 13.7. The Balaban J connectivity index is 1.99. The second kappa shape index (κ2) is 6.73. The van der Waals surface area contributed by atoms with Crippen molar-refractivity contribution in [2.45, 2.75) is 52.5 Å². The van der Waals surface area contributed by atoms with Gasteiger partial charge < -0.3 is 9.88 Å². The van der Waals surface area contributed by atoms with Crippen molar-refractivity contribution in [3.63, 3.8) is 0 Å². The maximum atomic E-state index is 12.2. The predicted octanol–water partition coefficient (Wildman–Crippen LogP) is 2.89. The third-order valence-electron chi connectivity index (χ3n) is 4.20. The van der Waals surface area contributed by atoms with E-state index in [9.17, 15) is 4.79 Å². The van der Waals surface area contributed by atoms with Crippen molar-refractivity contribution in [3.05, 3.63) is 22.7 Å². The van der Waals surface area contributed by atoms with Gasteiger partial charge in [0.1, 0.15) is 0 Å². The molecule has 2 rings (SSSR count). The van der Waals surface area contributed by atoms with Crippen LogP contribution in [-0.2, 0) is 6.54 Å². The first-order chi connectivity index (χ1) is 9.22. The van der Waals surface area contributed by atoms with Crippen LogP contribution < -0.4 is 10.9 Å². The van der Waals surface area contributed by atoms with Gasteiger partial charge in [-0.25, -0.2) is 4.98 Å². The second-order valence-corrected chi connectivity index (χ2v) is 5.68. The van der Waals surface area contributed by atoms with Gasteiger partial charge in [-0.3, -0.25) is 4.79 Å². The number of nitrogens with one attached hydrogen (secondary N) is 1. The molecule has 106 valence electrons. The van der Waals surface area contributed by atoms with Gasteiger partial charge in [0.05, 0.1) is 0 Å². The molecule has 0 saturated heterocycles. The standard InChI is InChI=1S/C15H25N3O/c1-3-9-18-10-8-16-14(15(18)19)17-11-13-7-5-4-6-12(13)2/h8,10,12-13H,3-7,9,11H2,1-2H3,(H,16,17). The molecular formula is C15H25N3O. The average Bonchev–Trinajstić information content (AvgIpc) is 2.42.